The number of rotatable bonds is 1. The predicted octanol–water partition coefficient (Wildman–Crippen LogP) is 1.42. The molecule has 0 spiro atoms. The van der Waals surface area contributed by atoms with E-state index in [0.29, 0.717) is 5.56 Å². The predicted molar refractivity (Wildman–Crippen MR) is 47.9 cm³/mol. The monoisotopic (exact) mass is 207 g/mol. The molecule has 0 aliphatic rings. The van der Waals surface area contributed by atoms with E-state index in [-0.39, 0.29) is 15.3 Å². The number of thiocarbonyl (C=S) groups is 1. The summed E-state index contributed by atoms with van der Waals surface area (Å²) in [4.78, 5) is 7.42. The molecule has 1 aromatic rings. The van der Waals surface area contributed by atoms with E-state index >= 15 is 0 Å². The maximum atomic E-state index is 5.62. The Morgan fingerprint density at radius 3 is 2.09 bits per heavy atom. The first-order valence-electron chi connectivity index (χ1n) is 2.58. The van der Waals surface area contributed by atoms with Crippen LogP contribution in [0.4, 0.5) is 0 Å². The van der Waals surface area contributed by atoms with Crippen molar-refractivity contribution in [3.8, 4) is 0 Å². The third-order valence-corrected chi connectivity index (χ3v) is 1.78. The molecule has 0 aliphatic carbocycles. The molecule has 1 aromatic heterocycles. The van der Waals surface area contributed by atoms with Gasteiger partial charge in [0.2, 0.25) is 0 Å². The van der Waals surface area contributed by atoms with Gasteiger partial charge in [-0.3, -0.25) is 0 Å². The molecule has 0 aliphatic heterocycles. The highest BCUT2D eigenvalue weighted by Crippen LogP contribution is 2.18. The lowest BCUT2D eigenvalue weighted by molar-refractivity contribution is 1.16. The molecule has 11 heavy (non-hydrogen) atoms. The summed E-state index contributed by atoms with van der Waals surface area (Å²) < 4.78 is 0. The smallest absolute Gasteiger partial charge is 0.144 e. The number of nitrogens with zero attached hydrogens (tertiary/aromatic N) is 2. The second kappa shape index (κ2) is 3.30. The molecule has 0 fully saturated rings. The largest absolute Gasteiger partial charge is 0.389 e. The van der Waals surface area contributed by atoms with Gasteiger partial charge in [-0.15, -0.1) is 0 Å². The zero-order valence-electron chi connectivity index (χ0n) is 5.21. The minimum Gasteiger partial charge on any atom is -0.389 e. The number of nitrogens with two attached hydrogens (primary N) is 1. The van der Waals surface area contributed by atoms with E-state index in [0.717, 1.165) is 0 Å². The molecule has 1 rings (SSSR count). The van der Waals surface area contributed by atoms with E-state index in [2.05, 4.69) is 22.2 Å². The van der Waals surface area contributed by atoms with Gasteiger partial charge in [-0.1, -0.05) is 35.4 Å². The van der Waals surface area contributed by atoms with Crippen LogP contribution in [0.2, 0.25) is 10.3 Å². The quantitative estimate of drug-likeness (QED) is 0.560. The number of hydrogen-bond donors (Lipinski definition) is 1. The first-order chi connectivity index (χ1) is 5.13. The Morgan fingerprint density at radius 2 is 1.82 bits per heavy atom. The fraction of sp³-hybridized carbons (Fsp3) is 0. The van der Waals surface area contributed by atoms with Crippen molar-refractivity contribution in [3.63, 3.8) is 0 Å². The molecular weight excluding hydrogens is 205 g/mol. The second-order valence-corrected chi connectivity index (χ2v) is 2.85. The summed E-state index contributed by atoms with van der Waals surface area (Å²) in [7, 11) is 0. The molecule has 0 saturated carbocycles. The molecule has 6 heteroatoms. The highest BCUT2D eigenvalue weighted by molar-refractivity contribution is 7.80. The van der Waals surface area contributed by atoms with Crippen LogP contribution < -0.4 is 5.73 Å². The van der Waals surface area contributed by atoms with Gasteiger partial charge in [-0.25, -0.2) is 9.97 Å². The number of aromatic nitrogens is 2. The van der Waals surface area contributed by atoms with Crippen molar-refractivity contribution in [1.82, 2.24) is 9.97 Å². The van der Waals surface area contributed by atoms with Crippen molar-refractivity contribution in [3.05, 3.63) is 22.2 Å². The first kappa shape index (κ1) is 8.64. The summed E-state index contributed by atoms with van der Waals surface area (Å²) in [6.45, 7) is 0. The molecule has 0 unspecified atom stereocenters. The average Bonchev–Trinajstić information content (AvgIpc) is 1.85. The van der Waals surface area contributed by atoms with Crippen LogP contribution in [0, 0.1) is 0 Å². The molecule has 0 aromatic carbocycles. The Balaban J connectivity index is 3.32. The maximum Gasteiger partial charge on any atom is 0.144 e. The van der Waals surface area contributed by atoms with E-state index in [1.54, 1.807) is 0 Å². The second-order valence-electron chi connectivity index (χ2n) is 1.69. The zero-order valence-corrected chi connectivity index (χ0v) is 7.54. The van der Waals surface area contributed by atoms with Gasteiger partial charge in [0.05, 0.1) is 5.56 Å². The Morgan fingerprint density at radius 1 is 1.36 bits per heavy atom. The van der Waals surface area contributed by atoms with Crippen LogP contribution in [-0.2, 0) is 0 Å². The van der Waals surface area contributed by atoms with E-state index in [9.17, 15) is 0 Å². The van der Waals surface area contributed by atoms with Gasteiger partial charge in [0.25, 0.3) is 0 Å². The Bertz CT molecular complexity index is 282. The molecule has 0 radical (unpaired) electrons. The normalized spacial score (nSPS) is 9.64. The standard InChI is InChI=1S/C5H3Cl2N3S/c6-3-2(5(8)11)4(7)10-1-9-3/h1H,(H2,8,11). The molecular formula is C5H3Cl2N3S. The highest BCUT2D eigenvalue weighted by Gasteiger charge is 2.09. The van der Waals surface area contributed by atoms with Gasteiger partial charge in [0, 0.05) is 0 Å². The third-order valence-electron chi connectivity index (χ3n) is 1.00. The van der Waals surface area contributed by atoms with Gasteiger partial charge >= 0.3 is 0 Å². The molecule has 1 heterocycles. The lowest BCUT2D eigenvalue weighted by atomic mass is 10.3. The zero-order chi connectivity index (χ0) is 8.43. The number of hydrogen-bond acceptors (Lipinski definition) is 3. The van der Waals surface area contributed by atoms with Crippen molar-refractivity contribution in [2.45, 2.75) is 0 Å². The van der Waals surface area contributed by atoms with Crippen LogP contribution in [0.1, 0.15) is 5.56 Å². The first-order valence-corrected chi connectivity index (χ1v) is 3.75. The van der Waals surface area contributed by atoms with Gasteiger partial charge in [0.1, 0.15) is 21.6 Å². The van der Waals surface area contributed by atoms with Crippen LogP contribution in [0.15, 0.2) is 6.33 Å². The molecule has 58 valence electrons. The van der Waals surface area contributed by atoms with Gasteiger partial charge in [-0.05, 0) is 0 Å². The van der Waals surface area contributed by atoms with Crippen LogP contribution in [0.25, 0.3) is 0 Å². The summed E-state index contributed by atoms with van der Waals surface area (Å²) in [5.74, 6) is 0. The van der Waals surface area contributed by atoms with Crippen molar-refractivity contribution in [2.24, 2.45) is 5.73 Å². The molecule has 2 N–H and O–H groups in total. The van der Waals surface area contributed by atoms with Crippen molar-refractivity contribution in [2.75, 3.05) is 0 Å². The number of halogens is 2. The molecule has 0 saturated heterocycles. The third kappa shape index (κ3) is 1.77. The van der Waals surface area contributed by atoms with Gasteiger partial charge in [0.15, 0.2) is 0 Å². The SMILES string of the molecule is NC(=S)c1c(Cl)ncnc1Cl. The van der Waals surface area contributed by atoms with Crippen LogP contribution in [-0.4, -0.2) is 15.0 Å². The Hall–Kier alpha value is -0.450. The lowest BCUT2D eigenvalue weighted by Gasteiger charge is -2.00. The minimum atomic E-state index is 0.0978. The average molecular weight is 208 g/mol. The molecule has 0 amide bonds. The summed E-state index contributed by atoms with van der Waals surface area (Å²) in [5.41, 5.74) is 5.62. The fourth-order valence-electron chi connectivity index (χ4n) is 0.548. The summed E-state index contributed by atoms with van der Waals surface area (Å²) in [5, 5.41) is 0.356. The van der Waals surface area contributed by atoms with E-state index in [1.807, 2.05) is 0 Å². The maximum absolute atomic E-state index is 5.62. The molecule has 3 nitrogen and oxygen atoms in total. The van der Waals surface area contributed by atoms with E-state index in [4.69, 9.17) is 28.9 Å². The molecule has 0 bridgehead atoms. The Labute approximate surface area is 78.5 Å². The van der Waals surface area contributed by atoms with Crippen LogP contribution in [0.5, 0.6) is 0 Å². The summed E-state index contributed by atoms with van der Waals surface area (Å²) in [6.07, 6.45) is 1.24. The summed E-state index contributed by atoms with van der Waals surface area (Å²) in [6, 6.07) is 0. The van der Waals surface area contributed by atoms with Crippen LogP contribution >= 0.6 is 35.4 Å². The van der Waals surface area contributed by atoms with Gasteiger partial charge in [-0.2, -0.15) is 0 Å². The topological polar surface area (TPSA) is 51.8 Å². The minimum absolute atomic E-state index is 0.0978. The fourth-order valence-corrected chi connectivity index (χ4v) is 1.37. The summed E-state index contributed by atoms with van der Waals surface area (Å²) >= 11 is 15.9. The lowest BCUT2D eigenvalue weighted by Crippen LogP contribution is -2.12. The van der Waals surface area contributed by atoms with E-state index < -0.39 is 0 Å². The van der Waals surface area contributed by atoms with Crippen molar-refractivity contribution in [1.29, 1.82) is 0 Å². The van der Waals surface area contributed by atoms with E-state index in [1.165, 1.54) is 6.33 Å². The van der Waals surface area contributed by atoms with Crippen molar-refractivity contribution >= 4 is 40.4 Å². The Kier molecular flexibility index (Phi) is 2.59. The van der Waals surface area contributed by atoms with Crippen LogP contribution in [0.3, 0.4) is 0 Å². The highest BCUT2D eigenvalue weighted by atomic mass is 35.5. The van der Waals surface area contributed by atoms with Gasteiger partial charge < -0.3 is 5.73 Å². The van der Waals surface area contributed by atoms with Crippen molar-refractivity contribution < 1.29 is 0 Å². The molecule has 0 atom stereocenters.